The van der Waals surface area contributed by atoms with Gasteiger partial charge in [0.25, 0.3) is 5.91 Å². The zero-order valence-electron chi connectivity index (χ0n) is 13.2. The molecule has 5 rings (SSSR count). The molecule has 1 amide bonds. The first-order valence-electron chi connectivity index (χ1n) is 7.99. The highest BCUT2D eigenvalue weighted by Crippen LogP contribution is 2.30. The van der Waals surface area contributed by atoms with Crippen molar-refractivity contribution in [3.05, 3.63) is 78.6 Å². The van der Waals surface area contributed by atoms with E-state index in [1.165, 1.54) is 0 Å². The lowest BCUT2D eigenvalue weighted by Crippen LogP contribution is -2.10. The molecule has 0 radical (unpaired) electrons. The third kappa shape index (κ3) is 2.27. The number of carbonyl (C=O) groups excluding carboxylic acids is 1. The van der Waals surface area contributed by atoms with Crippen LogP contribution in [0.15, 0.2) is 81.6 Å². The highest BCUT2D eigenvalue weighted by Gasteiger charge is 2.13. The van der Waals surface area contributed by atoms with Crippen LogP contribution in [0.5, 0.6) is 0 Å². The Kier molecular flexibility index (Phi) is 2.91. The highest BCUT2D eigenvalue weighted by atomic mass is 16.3. The van der Waals surface area contributed by atoms with Gasteiger partial charge in [-0.25, -0.2) is 0 Å². The molecule has 0 aliphatic heterocycles. The van der Waals surface area contributed by atoms with Crippen LogP contribution >= 0.6 is 0 Å². The molecule has 2 aromatic heterocycles. The average molecular weight is 327 g/mol. The molecule has 0 aliphatic carbocycles. The fraction of sp³-hybridized carbons (Fsp3) is 0. The van der Waals surface area contributed by atoms with E-state index in [0.29, 0.717) is 11.3 Å². The van der Waals surface area contributed by atoms with Crippen LogP contribution in [-0.4, -0.2) is 5.91 Å². The predicted molar refractivity (Wildman–Crippen MR) is 97.9 cm³/mol. The van der Waals surface area contributed by atoms with Gasteiger partial charge in [-0.15, -0.1) is 0 Å². The van der Waals surface area contributed by atoms with Crippen molar-refractivity contribution < 1.29 is 13.6 Å². The van der Waals surface area contributed by atoms with Crippen molar-refractivity contribution in [3.8, 4) is 0 Å². The first-order chi connectivity index (χ1) is 12.3. The maximum atomic E-state index is 12.5. The summed E-state index contributed by atoms with van der Waals surface area (Å²) < 4.78 is 11.5. The number of rotatable bonds is 2. The van der Waals surface area contributed by atoms with Crippen molar-refractivity contribution in [1.82, 2.24) is 0 Å². The summed E-state index contributed by atoms with van der Waals surface area (Å²) in [5.74, 6) is -0.00226. The number of hydrogen-bond acceptors (Lipinski definition) is 3. The molecule has 0 bridgehead atoms. The number of carbonyl (C=O) groups is 1. The summed E-state index contributed by atoms with van der Waals surface area (Å²) in [5, 5.41) is 5.85. The molecule has 4 nitrogen and oxygen atoms in total. The molecule has 0 spiro atoms. The quantitative estimate of drug-likeness (QED) is 0.460. The van der Waals surface area contributed by atoms with Crippen molar-refractivity contribution in [2.45, 2.75) is 0 Å². The molecular weight excluding hydrogens is 314 g/mol. The minimum absolute atomic E-state index is 0.283. The summed E-state index contributed by atoms with van der Waals surface area (Å²) in [6, 6.07) is 22.8. The predicted octanol–water partition coefficient (Wildman–Crippen LogP) is 5.58. The summed E-state index contributed by atoms with van der Waals surface area (Å²) in [6.45, 7) is 0. The lowest BCUT2D eigenvalue weighted by Gasteiger charge is -2.02. The Hall–Kier alpha value is -3.53. The summed E-state index contributed by atoms with van der Waals surface area (Å²) in [5.41, 5.74) is 2.93. The topological polar surface area (TPSA) is 55.4 Å². The zero-order valence-corrected chi connectivity index (χ0v) is 13.2. The summed E-state index contributed by atoms with van der Waals surface area (Å²) in [6.07, 6.45) is 0. The Balaban J connectivity index is 1.50. The van der Waals surface area contributed by atoms with Crippen LogP contribution in [-0.2, 0) is 0 Å². The van der Waals surface area contributed by atoms with Crippen molar-refractivity contribution in [2.75, 3.05) is 5.32 Å². The van der Waals surface area contributed by atoms with Crippen molar-refractivity contribution >= 4 is 44.5 Å². The molecule has 0 saturated carbocycles. The molecule has 0 atom stereocenters. The van der Waals surface area contributed by atoms with Gasteiger partial charge in [-0.3, -0.25) is 4.79 Å². The fourth-order valence-electron chi connectivity index (χ4n) is 3.09. The Morgan fingerprint density at radius 2 is 1.48 bits per heavy atom. The van der Waals surface area contributed by atoms with Gasteiger partial charge in [0.15, 0.2) is 5.76 Å². The molecule has 120 valence electrons. The van der Waals surface area contributed by atoms with E-state index in [9.17, 15) is 4.79 Å². The highest BCUT2D eigenvalue weighted by molar-refractivity contribution is 6.08. The molecule has 5 aromatic rings. The second-order valence-electron chi connectivity index (χ2n) is 5.91. The molecule has 4 heteroatoms. The number of furan rings is 2. The number of hydrogen-bond donors (Lipinski definition) is 1. The maximum Gasteiger partial charge on any atom is 0.291 e. The number of amides is 1. The number of nitrogens with one attached hydrogen (secondary N) is 1. The minimum Gasteiger partial charge on any atom is -0.456 e. The van der Waals surface area contributed by atoms with E-state index in [4.69, 9.17) is 8.83 Å². The third-order valence-electron chi connectivity index (χ3n) is 4.29. The van der Waals surface area contributed by atoms with E-state index in [1.807, 2.05) is 66.7 Å². The van der Waals surface area contributed by atoms with E-state index < -0.39 is 0 Å². The first-order valence-corrected chi connectivity index (χ1v) is 7.99. The SMILES string of the molecule is O=C(Nc1ccc2c(c1)oc1ccccc12)c1cc2ccccc2o1. The monoisotopic (exact) mass is 327 g/mol. The zero-order chi connectivity index (χ0) is 16.8. The molecule has 2 heterocycles. The van der Waals surface area contributed by atoms with Crippen molar-refractivity contribution in [2.24, 2.45) is 0 Å². The molecule has 0 saturated heterocycles. The Bertz CT molecular complexity index is 1210. The fourth-order valence-corrected chi connectivity index (χ4v) is 3.09. The van der Waals surface area contributed by atoms with Gasteiger partial charge in [-0.1, -0.05) is 36.4 Å². The standard InChI is InChI=1S/C21H13NO3/c23-21(20-11-13-5-1-3-7-17(13)24-20)22-14-9-10-16-15-6-2-4-8-18(15)25-19(16)12-14/h1-12H,(H,22,23). The van der Waals surface area contributed by atoms with Crippen LogP contribution in [0.3, 0.4) is 0 Å². The first kappa shape index (κ1) is 13.9. The molecule has 3 aromatic carbocycles. The largest absolute Gasteiger partial charge is 0.456 e. The summed E-state index contributed by atoms with van der Waals surface area (Å²) >= 11 is 0. The van der Waals surface area contributed by atoms with Gasteiger partial charge >= 0.3 is 0 Å². The van der Waals surface area contributed by atoms with E-state index in [0.717, 1.165) is 27.3 Å². The van der Waals surface area contributed by atoms with Crippen LogP contribution in [0.4, 0.5) is 5.69 Å². The van der Waals surface area contributed by atoms with Crippen molar-refractivity contribution in [1.29, 1.82) is 0 Å². The van der Waals surface area contributed by atoms with Crippen LogP contribution in [0, 0.1) is 0 Å². The second-order valence-corrected chi connectivity index (χ2v) is 5.91. The van der Waals surface area contributed by atoms with Gasteiger partial charge in [-0.05, 0) is 30.3 Å². The Morgan fingerprint density at radius 1 is 0.720 bits per heavy atom. The normalized spacial score (nSPS) is 11.4. The molecule has 25 heavy (non-hydrogen) atoms. The van der Waals surface area contributed by atoms with E-state index >= 15 is 0 Å². The smallest absolute Gasteiger partial charge is 0.291 e. The summed E-state index contributed by atoms with van der Waals surface area (Å²) in [7, 11) is 0. The van der Waals surface area contributed by atoms with Crippen LogP contribution < -0.4 is 5.32 Å². The van der Waals surface area contributed by atoms with E-state index in [1.54, 1.807) is 6.07 Å². The molecule has 0 unspecified atom stereocenters. The molecule has 0 aliphatic rings. The van der Waals surface area contributed by atoms with Gasteiger partial charge in [0.05, 0.1) is 0 Å². The Morgan fingerprint density at radius 3 is 2.36 bits per heavy atom. The third-order valence-corrected chi connectivity index (χ3v) is 4.29. The molecular formula is C21H13NO3. The van der Waals surface area contributed by atoms with Crippen LogP contribution in [0.1, 0.15) is 10.6 Å². The van der Waals surface area contributed by atoms with E-state index in [-0.39, 0.29) is 11.7 Å². The molecule has 0 fully saturated rings. The van der Waals surface area contributed by atoms with Gasteiger partial charge < -0.3 is 14.2 Å². The average Bonchev–Trinajstić information content (AvgIpc) is 3.22. The maximum absolute atomic E-state index is 12.5. The lowest BCUT2D eigenvalue weighted by molar-refractivity contribution is 0.0998. The Labute approximate surface area is 142 Å². The van der Waals surface area contributed by atoms with Crippen molar-refractivity contribution in [3.63, 3.8) is 0 Å². The number of benzene rings is 3. The number of para-hydroxylation sites is 2. The lowest BCUT2D eigenvalue weighted by atomic mass is 10.1. The van der Waals surface area contributed by atoms with Gasteiger partial charge in [-0.2, -0.15) is 0 Å². The molecule has 1 N–H and O–H groups in total. The van der Waals surface area contributed by atoms with Gasteiger partial charge in [0.1, 0.15) is 16.7 Å². The minimum atomic E-state index is -0.285. The number of fused-ring (bicyclic) bond motifs is 4. The van der Waals surface area contributed by atoms with Crippen LogP contribution in [0.2, 0.25) is 0 Å². The van der Waals surface area contributed by atoms with Gasteiger partial charge in [0.2, 0.25) is 0 Å². The number of anilines is 1. The van der Waals surface area contributed by atoms with Gasteiger partial charge in [0, 0.05) is 27.9 Å². The second kappa shape index (κ2) is 5.24. The van der Waals surface area contributed by atoms with E-state index in [2.05, 4.69) is 5.32 Å². The van der Waals surface area contributed by atoms with Crippen LogP contribution in [0.25, 0.3) is 32.9 Å². The summed E-state index contributed by atoms with van der Waals surface area (Å²) in [4.78, 5) is 12.5.